The van der Waals surface area contributed by atoms with Crippen molar-refractivity contribution < 1.29 is 4.79 Å². The van der Waals surface area contributed by atoms with Crippen molar-refractivity contribution in [3.8, 4) is 0 Å². The average Bonchev–Trinajstić information content (AvgIpc) is 2.63. The predicted molar refractivity (Wildman–Crippen MR) is 108 cm³/mol. The number of carbonyl (C=O) groups excluding carboxylic acids is 1. The van der Waals surface area contributed by atoms with E-state index in [1.165, 1.54) is 4.68 Å². The molecule has 3 rings (SSSR count). The Kier molecular flexibility index (Phi) is 5.47. The summed E-state index contributed by atoms with van der Waals surface area (Å²) in [6.07, 6.45) is 1.79. The van der Waals surface area contributed by atoms with Crippen molar-refractivity contribution in [2.75, 3.05) is 5.32 Å². The second kappa shape index (κ2) is 7.77. The summed E-state index contributed by atoms with van der Waals surface area (Å²) in [6.45, 7) is 2.56. The normalized spacial score (nSPS) is 10.8. The molecule has 0 saturated heterocycles. The topological polar surface area (TPSA) is 64.0 Å². The van der Waals surface area contributed by atoms with Crippen LogP contribution in [-0.2, 0) is 6.54 Å². The van der Waals surface area contributed by atoms with Crippen LogP contribution in [0.5, 0.6) is 0 Å². The number of unbranched alkanes of at least 4 members (excludes halogenated alkanes) is 1. The Balaban J connectivity index is 2.04. The lowest BCUT2D eigenvalue weighted by Gasteiger charge is -2.11. The van der Waals surface area contributed by atoms with Crippen LogP contribution in [0.4, 0.5) is 5.69 Å². The maximum Gasteiger partial charge on any atom is 0.276 e. The van der Waals surface area contributed by atoms with Gasteiger partial charge in [0.2, 0.25) is 0 Å². The van der Waals surface area contributed by atoms with Crippen molar-refractivity contribution in [1.82, 2.24) is 9.78 Å². The summed E-state index contributed by atoms with van der Waals surface area (Å²) in [4.78, 5) is 25.3. The van der Waals surface area contributed by atoms with Gasteiger partial charge in [0.05, 0.1) is 5.39 Å². The quantitative estimate of drug-likeness (QED) is 0.601. The standard InChI is InChI=1S/C19H18IN3O2/c1-2-3-12-23-19(25)16-7-5-4-6-15(16)17(22-23)18(24)21-14-10-8-13(20)9-11-14/h4-11H,2-3,12H2,1H3,(H,21,24). The maximum absolute atomic E-state index is 12.8. The molecular weight excluding hydrogens is 429 g/mol. The number of hydrogen-bond acceptors (Lipinski definition) is 3. The fourth-order valence-electron chi connectivity index (χ4n) is 2.59. The van der Waals surface area contributed by atoms with Crippen LogP contribution >= 0.6 is 22.6 Å². The zero-order valence-corrected chi connectivity index (χ0v) is 16.0. The zero-order valence-electron chi connectivity index (χ0n) is 13.8. The molecule has 25 heavy (non-hydrogen) atoms. The third-order valence-corrected chi connectivity index (χ3v) is 4.63. The van der Waals surface area contributed by atoms with Crippen LogP contribution in [0.1, 0.15) is 30.3 Å². The van der Waals surface area contributed by atoms with Crippen LogP contribution in [0.15, 0.2) is 53.3 Å². The number of amides is 1. The zero-order chi connectivity index (χ0) is 17.8. The van der Waals surface area contributed by atoms with Crippen LogP contribution < -0.4 is 10.9 Å². The summed E-state index contributed by atoms with van der Waals surface area (Å²) in [7, 11) is 0. The van der Waals surface area contributed by atoms with E-state index < -0.39 is 0 Å². The molecule has 0 spiro atoms. The van der Waals surface area contributed by atoms with E-state index in [1.54, 1.807) is 18.2 Å². The van der Waals surface area contributed by atoms with Crippen molar-refractivity contribution >= 4 is 45.0 Å². The lowest BCUT2D eigenvalue weighted by molar-refractivity contribution is 0.102. The fourth-order valence-corrected chi connectivity index (χ4v) is 2.95. The number of aromatic nitrogens is 2. The minimum atomic E-state index is -0.317. The van der Waals surface area contributed by atoms with Gasteiger partial charge in [-0.1, -0.05) is 31.5 Å². The first-order valence-electron chi connectivity index (χ1n) is 8.17. The summed E-state index contributed by atoms with van der Waals surface area (Å²) in [5, 5.41) is 8.29. The lowest BCUT2D eigenvalue weighted by Crippen LogP contribution is -2.27. The van der Waals surface area contributed by atoms with E-state index in [-0.39, 0.29) is 17.2 Å². The summed E-state index contributed by atoms with van der Waals surface area (Å²) in [6, 6.07) is 14.6. The molecule has 0 unspecified atom stereocenters. The Labute approximate surface area is 159 Å². The van der Waals surface area contributed by atoms with Gasteiger partial charge in [-0.25, -0.2) is 4.68 Å². The van der Waals surface area contributed by atoms with E-state index in [9.17, 15) is 9.59 Å². The van der Waals surface area contributed by atoms with E-state index in [4.69, 9.17) is 0 Å². The van der Waals surface area contributed by atoms with Crippen molar-refractivity contribution in [1.29, 1.82) is 0 Å². The first-order chi connectivity index (χ1) is 12.1. The van der Waals surface area contributed by atoms with Gasteiger partial charge < -0.3 is 5.32 Å². The highest BCUT2D eigenvalue weighted by atomic mass is 127. The van der Waals surface area contributed by atoms with Crippen molar-refractivity contribution in [2.45, 2.75) is 26.3 Å². The smallest absolute Gasteiger partial charge is 0.276 e. The highest BCUT2D eigenvalue weighted by molar-refractivity contribution is 14.1. The Morgan fingerprint density at radius 2 is 1.80 bits per heavy atom. The van der Waals surface area contributed by atoms with E-state index in [0.717, 1.165) is 16.4 Å². The third-order valence-electron chi connectivity index (χ3n) is 3.91. The van der Waals surface area contributed by atoms with Crippen LogP contribution in [0.25, 0.3) is 10.8 Å². The molecule has 2 aromatic carbocycles. The SMILES string of the molecule is CCCCn1nc(C(=O)Nc2ccc(I)cc2)c2ccccc2c1=O. The first kappa shape index (κ1) is 17.6. The van der Waals surface area contributed by atoms with Gasteiger partial charge in [-0.15, -0.1) is 0 Å². The molecule has 3 aromatic rings. The molecule has 6 heteroatoms. The number of nitrogens with zero attached hydrogens (tertiary/aromatic N) is 2. The number of aryl methyl sites for hydroxylation is 1. The number of fused-ring (bicyclic) bond motifs is 1. The molecule has 0 saturated carbocycles. The predicted octanol–water partition coefficient (Wildman–Crippen LogP) is 4.05. The van der Waals surface area contributed by atoms with Crippen molar-refractivity contribution in [3.63, 3.8) is 0 Å². The van der Waals surface area contributed by atoms with Crippen LogP contribution in [0.2, 0.25) is 0 Å². The van der Waals surface area contributed by atoms with Crippen LogP contribution in [0, 0.1) is 3.57 Å². The summed E-state index contributed by atoms with van der Waals surface area (Å²) >= 11 is 2.21. The van der Waals surface area contributed by atoms with Gasteiger partial charge in [0.1, 0.15) is 0 Å². The highest BCUT2D eigenvalue weighted by Gasteiger charge is 2.16. The Morgan fingerprint density at radius 1 is 1.12 bits per heavy atom. The Hall–Kier alpha value is -2.22. The number of carbonyl (C=O) groups is 1. The summed E-state index contributed by atoms with van der Waals surface area (Å²) in [5.74, 6) is -0.317. The van der Waals surface area contributed by atoms with Gasteiger partial charge in [0, 0.05) is 21.2 Å². The summed E-state index contributed by atoms with van der Waals surface area (Å²) < 4.78 is 2.49. The third kappa shape index (κ3) is 3.89. The van der Waals surface area contributed by atoms with E-state index >= 15 is 0 Å². The second-order valence-electron chi connectivity index (χ2n) is 5.74. The van der Waals surface area contributed by atoms with Gasteiger partial charge in [-0.05, 0) is 59.3 Å². The second-order valence-corrected chi connectivity index (χ2v) is 6.98. The minimum Gasteiger partial charge on any atom is -0.321 e. The largest absolute Gasteiger partial charge is 0.321 e. The van der Waals surface area contributed by atoms with Gasteiger partial charge in [-0.3, -0.25) is 9.59 Å². The highest BCUT2D eigenvalue weighted by Crippen LogP contribution is 2.17. The van der Waals surface area contributed by atoms with Crippen LogP contribution in [-0.4, -0.2) is 15.7 Å². The van der Waals surface area contributed by atoms with Crippen molar-refractivity contribution in [2.24, 2.45) is 0 Å². The molecule has 1 aromatic heterocycles. The van der Waals surface area contributed by atoms with Gasteiger partial charge in [0.15, 0.2) is 5.69 Å². The number of hydrogen-bond donors (Lipinski definition) is 1. The molecule has 0 aliphatic rings. The summed E-state index contributed by atoms with van der Waals surface area (Å²) in [5.41, 5.74) is 0.808. The Bertz CT molecular complexity index is 965. The van der Waals surface area contributed by atoms with Crippen molar-refractivity contribution in [3.05, 3.63) is 68.1 Å². The number of halogens is 1. The molecule has 1 amide bonds. The molecular formula is C19H18IN3O2. The van der Waals surface area contributed by atoms with Gasteiger partial charge in [0.25, 0.3) is 11.5 Å². The van der Waals surface area contributed by atoms with Gasteiger partial charge >= 0.3 is 0 Å². The maximum atomic E-state index is 12.8. The molecule has 5 nitrogen and oxygen atoms in total. The lowest BCUT2D eigenvalue weighted by atomic mass is 10.1. The average molecular weight is 447 g/mol. The number of anilines is 1. The van der Waals surface area contributed by atoms with Crippen LogP contribution in [0.3, 0.4) is 0 Å². The molecule has 0 aliphatic heterocycles. The molecule has 0 radical (unpaired) electrons. The monoisotopic (exact) mass is 447 g/mol. The molecule has 1 heterocycles. The van der Waals surface area contributed by atoms with E-state index in [0.29, 0.717) is 23.0 Å². The molecule has 0 aliphatic carbocycles. The molecule has 1 N–H and O–H groups in total. The molecule has 0 bridgehead atoms. The Morgan fingerprint density at radius 3 is 2.48 bits per heavy atom. The van der Waals surface area contributed by atoms with E-state index in [1.807, 2.05) is 30.3 Å². The fraction of sp³-hybridized carbons (Fsp3) is 0.211. The molecule has 0 fully saturated rings. The van der Waals surface area contributed by atoms with Gasteiger partial charge in [-0.2, -0.15) is 5.10 Å². The number of nitrogens with one attached hydrogen (secondary N) is 1. The molecule has 128 valence electrons. The first-order valence-corrected chi connectivity index (χ1v) is 9.25. The number of benzene rings is 2. The number of rotatable bonds is 5. The van der Waals surface area contributed by atoms with E-state index in [2.05, 4.69) is 39.9 Å². The minimum absolute atomic E-state index is 0.158. The molecule has 0 atom stereocenters.